The standard InChI is InChI=1S/C15H11F2N3OS/c16-14(17)9-6-10(8-2-1-4-19-7-8)20-15-12(9)13(18)11(22-15)3-5-21/h1-2,4-7,14H,3,18H2. The van der Waals surface area contributed by atoms with E-state index in [2.05, 4.69) is 9.97 Å². The van der Waals surface area contributed by atoms with Gasteiger partial charge in [0.15, 0.2) is 0 Å². The number of nitrogens with two attached hydrogens (primary N) is 1. The lowest BCUT2D eigenvalue weighted by Gasteiger charge is -2.07. The molecule has 7 heteroatoms. The zero-order valence-corrected chi connectivity index (χ0v) is 12.1. The van der Waals surface area contributed by atoms with Gasteiger partial charge >= 0.3 is 0 Å². The van der Waals surface area contributed by atoms with Gasteiger partial charge in [0.05, 0.1) is 11.4 Å². The second-order valence-corrected chi connectivity index (χ2v) is 5.71. The highest BCUT2D eigenvalue weighted by atomic mass is 32.1. The van der Waals surface area contributed by atoms with Crippen LogP contribution in [0.25, 0.3) is 21.5 Å². The number of halogens is 2. The molecule has 2 N–H and O–H groups in total. The van der Waals surface area contributed by atoms with E-state index in [1.807, 2.05) is 0 Å². The van der Waals surface area contributed by atoms with Gasteiger partial charge in [0, 0.05) is 40.2 Å². The summed E-state index contributed by atoms with van der Waals surface area (Å²) < 4.78 is 26.8. The van der Waals surface area contributed by atoms with Gasteiger partial charge in [0.2, 0.25) is 0 Å². The lowest BCUT2D eigenvalue weighted by molar-refractivity contribution is -0.107. The lowest BCUT2D eigenvalue weighted by Crippen LogP contribution is -1.95. The Morgan fingerprint density at radius 3 is 2.86 bits per heavy atom. The Labute approximate surface area is 128 Å². The molecule has 0 atom stereocenters. The molecule has 0 radical (unpaired) electrons. The van der Waals surface area contributed by atoms with E-state index in [1.165, 1.54) is 17.4 Å². The first-order chi connectivity index (χ1) is 10.6. The Hall–Kier alpha value is -2.41. The highest BCUT2D eigenvalue weighted by molar-refractivity contribution is 7.19. The van der Waals surface area contributed by atoms with E-state index in [9.17, 15) is 13.6 Å². The van der Waals surface area contributed by atoms with Crippen molar-refractivity contribution in [3.05, 3.63) is 41.0 Å². The zero-order chi connectivity index (χ0) is 15.7. The van der Waals surface area contributed by atoms with Crippen LogP contribution in [0.5, 0.6) is 0 Å². The predicted octanol–water partition coefficient (Wildman–Crippen LogP) is 3.62. The average Bonchev–Trinajstić information content (AvgIpc) is 2.84. The van der Waals surface area contributed by atoms with Crippen LogP contribution in [0.15, 0.2) is 30.6 Å². The van der Waals surface area contributed by atoms with Gasteiger partial charge in [-0.15, -0.1) is 11.3 Å². The quantitative estimate of drug-likeness (QED) is 0.746. The molecule has 0 aliphatic carbocycles. The maximum absolute atomic E-state index is 13.4. The summed E-state index contributed by atoms with van der Waals surface area (Å²) in [6.45, 7) is 0. The molecule has 0 spiro atoms. The smallest absolute Gasteiger partial charge is 0.264 e. The van der Waals surface area contributed by atoms with Crippen molar-refractivity contribution in [1.29, 1.82) is 0 Å². The molecule has 3 aromatic rings. The van der Waals surface area contributed by atoms with Crippen LogP contribution in [0, 0.1) is 0 Å². The summed E-state index contributed by atoms with van der Waals surface area (Å²) in [5, 5.41) is 0.240. The normalized spacial score (nSPS) is 11.2. The monoisotopic (exact) mass is 319 g/mol. The molecule has 0 aliphatic heterocycles. The molecular formula is C15H11F2N3OS. The fourth-order valence-electron chi connectivity index (χ4n) is 2.26. The molecule has 0 bridgehead atoms. The van der Waals surface area contributed by atoms with Crippen LogP contribution in [0.3, 0.4) is 0 Å². The Morgan fingerprint density at radius 2 is 2.23 bits per heavy atom. The van der Waals surface area contributed by atoms with Gasteiger partial charge < -0.3 is 10.5 Å². The van der Waals surface area contributed by atoms with Gasteiger partial charge in [-0.05, 0) is 18.2 Å². The van der Waals surface area contributed by atoms with Crippen LogP contribution < -0.4 is 5.73 Å². The lowest BCUT2D eigenvalue weighted by atomic mass is 10.1. The van der Waals surface area contributed by atoms with E-state index < -0.39 is 6.43 Å². The number of nitrogen functional groups attached to an aromatic ring is 1. The highest BCUT2D eigenvalue weighted by Crippen LogP contribution is 2.40. The third kappa shape index (κ3) is 2.43. The number of alkyl halides is 2. The first kappa shape index (κ1) is 14.5. The van der Waals surface area contributed by atoms with Crippen molar-refractivity contribution in [2.24, 2.45) is 0 Å². The average molecular weight is 319 g/mol. The number of nitrogens with zero attached hydrogens (tertiary/aromatic N) is 2. The first-order valence-corrected chi connectivity index (χ1v) is 7.27. The molecule has 3 aromatic heterocycles. The highest BCUT2D eigenvalue weighted by Gasteiger charge is 2.21. The number of rotatable bonds is 4. The summed E-state index contributed by atoms with van der Waals surface area (Å²) in [5.41, 5.74) is 7.02. The van der Waals surface area contributed by atoms with Crippen molar-refractivity contribution in [1.82, 2.24) is 9.97 Å². The fraction of sp³-hybridized carbons (Fsp3) is 0.133. The summed E-state index contributed by atoms with van der Waals surface area (Å²) in [6.07, 6.45) is 1.28. The van der Waals surface area contributed by atoms with Crippen LogP contribution in [-0.2, 0) is 11.2 Å². The van der Waals surface area contributed by atoms with E-state index in [-0.39, 0.29) is 23.1 Å². The summed E-state index contributed by atoms with van der Waals surface area (Å²) in [4.78, 5) is 20.0. The molecule has 3 rings (SSSR count). The number of hydrogen-bond donors (Lipinski definition) is 1. The molecule has 0 aromatic carbocycles. The minimum absolute atomic E-state index is 0.0950. The molecule has 0 fully saturated rings. The summed E-state index contributed by atoms with van der Waals surface area (Å²) in [5.74, 6) is 0. The number of pyridine rings is 2. The number of aromatic nitrogens is 2. The number of anilines is 1. The summed E-state index contributed by atoms with van der Waals surface area (Å²) >= 11 is 1.17. The molecular weight excluding hydrogens is 308 g/mol. The molecule has 0 unspecified atom stereocenters. The number of aldehydes is 1. The second-order valence-electron chi connectivity index (χ2n) is 4.63. The topological polar surface area (TPSA) is 68.9 Å². The molecule has 4 nitrogen and oxygen atoms in total. The minimum atomic E-state index is -2.68. The van der Waals surface area contributed by atoms with Gasteiger partial charge in [0.25, 0.3) is 6.43 Å². The fourth-order valence-corrected chi connectivity index (χ4v) is 3.33. The van der Waals surface area contributed by atoms with E-state index in [1.54, 1.807) is 24.5 Å². The Bertz CT molecular complexity index is 834. The van der Waals surface area contributed by atoms with Gasteiger partial charge in [-0.2, -0.15) is 0 Å². The van der Waals surface area contributed by atoms with Crippen molar-refractivity contribution in [2.75, 3.05) is 5.73 Å². The van der Waals surface area contributed by atoms with Crippen molar-refractivity contribution < 1.29 is 13.6 Å². The van der Waals surface area contributed by atoms with Crippen LogP contribution in [0.4, 0.5) is 14.5 Å². The Morgan fingerprint density at radius 1 is 1.41 bits per heavy atom. The number of hydrogen-bond acceptors (Lipinski definition) is 5. The molecule has 112 valence electrons. The minimum Gasteiger partial charge on any atom is -0.397 e. The van der Waals surface area contributed by atoms with Crippen molar-refractivity contribution in [3.8, 4) is 11.3 Å². The number of fused-ring (bicyclic) bond motifs is 1. The number of carbonyl (C=O) groups is 1. The van der Waals surface area contributed by atoms with Crippen LogP contribution in [0.2, 0.25) is 0 Å². The van der Waals surface area contributed by atoms with E-state index in [0.29, 0.717) is 27.3 Å². The third-order valence-electron chi connectivity index (χ3n) is 3.27. The van der Waals surface area contributed by atoms with E-state index >= 15 is 0 Å². The second kappa shape index (κ2) is 5.76. The van der Waals surface area contributed by atoms with Gasteiger partial charge in [0.1, 0.15) is 11.1 Å². The van der Waals surface area contributed by atoms with Gasteiger partial charge in [-0.25, -0.2) is 13.8 Å². The molecule has 0 saturated heterocycles. The van der Waals surface area contributed by atoms with Crippen molar-refractivity contribution in [3.63, 3.8) is 0 Å². The SMILES string of the molecule is Nc1c(CC=O)sc2nc(-c3cccnc3)cc(C(F)F)c12. The number of carbonyl (C=O) groups excluding carboxylic acids is 1. The maximum Gasteiger partial charge on any atom is 0.264 e. The maximum atomic E-state index is 13.4. The molecule has 0 saturated carbocycles. The first-order valence-electron chi connectivity index (χ1n) is 6.45. The van der Waals surface area contributed by atoms with Gasteiger partial charge in [-0.3, -0.25) is 4.98 Å². The summed E-state index contributed by atoms with van der Waals surface area (Å²) in [7, 11) is 0. The van der Waals surface area contributed by atoms with E-state index in [0.717, 1.165) is 0 Å². The molecule has 22 heavy (non-hydrogen) atoms. The molecule has 0 amide bonds. The molecule has 3 heterocycles. The number of thiophene rings is 1. The predicted molar refractivity (Wildman–Crippen MR) is 82.0 cm³/mol. The molecule has 0 aliphatic rings. The van der Waals surface area contributed by atoms with Crippen LogP contribution in [0.1, 0.15) is 16.9 Å². The largest absolute Gasteiger partial charge is 0.397 e. The Balaban J connectivity index is 2.28. The van der Waals surface area contributed by atoms with Crippen molar-refractivity contribution in [2.45, 2.75) is 12.8 Å². The Kier molecular flexibility index (Phi) is 3.81. The third-order valence-corrected chi connectivity index (χ3v) is 4.39. The van der Waals surface area contributed by atoms with E-state index in [4.69, 9.17) is 5.73 Å². The van der Waals surface area contributed by atoms with Crippen LogP contribution in [-0.4, -0.2) is 16.3 Å². The summed E-state index contributed by atoms with van der Waals surface area (Å²) in [6, 6.07) is 4.79. The van der Waals surface area contributed by atoms with Crippen molar-refractivity contribution >= 4 is 33.5 Å². The van der Waals surface area contributed by atoms with Crippen LogP contribution >= 0.6 is 11.3 Å². The van der Waals surface area contributed by atoms with Gasteiger partial charge in [-0.1, -0.05) is 0 Å². The zero-order valence-electron chi connectivity index (χ0n) is 11.3.